The second-order valence-electron chi connectivity index (χ2n) is 5.26. The van der Waals surface area contributed by atoms with Gasteiger partial charge in [0, 0.05) is 4.88 Å². The number of rotatable bonds is 7. The number of hydrogen-bond donors (Lipinski definition) is 2. The molecule has 0 aliphatic rings. The molecule has 0 radical (unpaired) electrons. The summed E-state index contributed by atoms with van der Waals surface area (Å²) in [7, 11) is -2.28. The van der Waals surface area contributed by atoms with E-state index >= 15 is 0 Å². The predicted molar refractivity (Wildman–Crippen MR) is 93.7 cm³/mol. The van der Waals surface area contributed by atoms with Crippen LogP contribution in [0, 0.1) is 0 Å². The molecule has 8 heteroatoms. The van der Waals surface area contributed by atoms with Gasteiger partial charge in [-0.05, 0) is 49.6 Å². The van der Waals surface area contributed by atoms with E-state index in [4.69, 9.17) is 4.74 Å². The first kappa shape index (κ1) is 18.4. The third-order valence-corrected chi connectivity index (χ3v) is 6.04. The molecule has 0 saturated heterocycles. The van der Waals surface area contributed by atoms with Crippen LogP contribution in [0.2, 0.25) is 0 Å². The molecule has 2 atom stereocenters. The molecule has 2 aromatic rings. The fourth-order valence-electron chi connectivity index (χ4n) is 2.06. The Balaban J connectivity index is 2.01. The largest absolute Gasteiger partial charge is 0.497 e. The lowest BCUT2D eigenvalue weighted by atomic mass is 10.2. The van der Waals surface area contributed by atoms with Gasteiger partial charge in [-0.1, -0.05) is 6.07 Å². The molecular formula is C16H20N2O4S2. The van der Waals surface area contributed by atoms with Crippen molar-refractivity contribution in [1.29, 1.82) is 0 Å². The van der Waals surface area contributed by atoms with Gasteiger partial charge in [0.1, 0.15) is 5.75 Å². The first-order chi connectivity index (χ1) is 11.3. The van der Waals surface area contributed by atoms with Crippen LogP contribution in [0.25, 0.3) is 0 Å². The standard InChI is InChI=1S/C16H20N2O4S2/c1-11(15-5-4-10-23-15)17-16(19)12(2)18-24(20,21)14-8-6-13(22-3)7-9-14/h4-12,18H,1-3H3,(H,17,19)/t11-,12-/m1/s1. The van der Waals surface area contributed by atoms with E-state index < -0.39 is 16.1 Å². The zero-order valence-electron chi connectivity index (χ0n) is 13.6. The van der Waals surface area contributed by atoms with E-state index in [-0.39, 0.29) is 16.8 Å². The van der Waals surface area contributed by atoms with Crippen molar-refractivity contribution in [3.05, 3.63) is 46.7 Å². The Bertz CT molecular complexity index is 771. The highest BCUT2D eigenvalue weighted by molar-refractivity contribution is 7.89. The molecule has 0 unspecified atom stereocenters. The summed E-state index contributed by atoms with van der Waals surface area (Å²) in [5.41, 5.74) is 0. The van der Waals surface area contributed by atoms with Gasteiger partial charge in [-0.3, -0.25) is 4.79 Å². The SMILES string of the molecule is COc1ccc(S(=O)(=O)N[C@H](C)C(=O)N[C@H](C)c2cccs2)cc1. The highest BCUT2D eigenvalue weighted by Gasteiger charge is 2.23. The number of carbonyl (C=O) groups excluding carboxylic acids is 1. The number of carbonyl (C=O) groups is 1. The Morgan fingerprint density at radius 3 is 2.38 bits per heavy atom. The second-order valence-corrected chi connectivity index (χ2v) is 7.96. The molecule has 0 bridgehead atoms. The van der Waals surface area contributed by atoms with Crippen LogP contribution in [-0.4, -0.2) is 27.5 Å². The Morgan fingerprint density at radius 1 is 1.17 bits per heavy atom. The number of ether oxygens (including phenoxy) is 1. The average molecular weight is 368 g/mol. The molecule has 2 rings (SSSR count). The van der Waals surface area contributed by atoms with Crippen LogP contribution in [0.4, 0.5) is 0 Å². The molecule has 0 fully saturated rings. The van der Waals surface area contributed by atoms with Crippen molar-refractivity contribution in [3.63, 3.8) is 0 Å². The van der Waals surface area contributed by atoms with Crippen molar-refractivity contribution >= 4 is 27.3 Å². The number of benzene rings is 1. The summed E-state index contributed by atoms with van der Waals surface area (Å²) in [6.07, 6.45) is 0. The molecule has 1 heterocycles. The van der Waals surface area contributed by atoms with Crippen molar-refractivity contribution < 1.29 is 17.9 Å². The molecular weight excluding hydrogens is 348 g/mol. The Labute approximate surface area is 145 Å². The first-order valence-corrected chi connectivity index (χ1v) is 9.70. The van der Waals surface area contributed by atoms with Crippen LogP contribution in [0.3, 0.4) is 0 Å². The molecule has 0 saturated carbocycles. The minimum atomic E-state index is -3.78. The minimum absolute atomic E-state index is 0.0780. The van der Waals surface area contributed by atoms with Crippen LogP contribution >= 0.6 is 11.3 Å². The van der Waals surface area contributed by atoms with E-state index in [0.717, 1.165) is 4.88 Å². The van der Waals surface area contributed by atoms with Gasteiger partial charge in [-0.2, -0.15) is 4.72 Å². The van der Waals surface area contributed by atoms with Crippen LogP contribution < -0.4 is 14.8 Å². The maximum atomic E-state index is 12.3. The first-order valence-electron chi connectivity index (χ1n) is 7.33. The fourth-order valence-corrected chi connectivity index (χ4v) is 3.99. The number of sulfonamides is 1. The predicted octanol–water partition coefficient (Wildman–Crippen LogP) is 2.30. The Kier molecular flexibility index (Phi) is 5.98. The molecule has 0 spiro atoms. The Morgan fingerprint density at radius 2 is 1.83 bits per heavy atom. The van der Waals surface area contributed by atoms with Crippen molar-refractivity contribution in [2.45, 2.75) is 30.8 Å². The van der Waals surface area contributed by atoms with Crippen molar-refractivity contribution in [2.75, 3.05) is 7.11 Å². The van der Waals surface area contributed by atoms with Gasteiger partial charge in [-0.15, -0.1) is 11.3 Å². The van der Waals surface area contributed by atoms with Gasteiger partial charge in [0.15, 0.2) is 0 Å². The summed E-state index contributed by atoms with van der Waals surface area (Å²) in [6, 6.07) is 8.72. The van der Waals surface area contributed by atoms with Gasteiger partial charge in [0.05, 0.1) is 24.1 Å². The van der Waals surface area contributed by atoms with E-state index in [1.807, 2.05) is 24.4 Å². The average Bonchev–Trinajstić information content (AvgIpc) is 3.09. The topological polar surface area (TPSA) is 84.5 Å². The van der Waals surface area contributed by atoms with E-state index in [0.29, 0.717) is 5.75 Å². The lowest BCUT2D eigenvalue weighted by molar-refractivity contribution is -0.122. The molecule has 1 aromatic heterocycles. The molecule has 24 heavy (non-hydrogen) atoms. The zero-order valence-corrected chi connectivity index (χ0v) is 15.3. The summed E-state index contributed by atoms with van der Waals surface area (Å²) in [4.78, 5) is 13.3. The molecule has 1 amide bonds. The monoisotopic (exact) mass is 368 g/mol. The number of amides is 1. The Hall–Kier alpha value is -1.90. The van der Waals surface area contributed by atoms with E-state index in [1.54, 1.807) is 12.1 Å². The maximum Gasteiger partial charge on any atom is 0.241 e. The van der Waals surface area contributed by atoms with Gasteiger partial charge in [0.25, 0.3) is 0 Å². The summed E-state index contributed by atoms with van der Waals surface area (Å²) in [5, 5.41) is 4.72. The highest BCUT2D eigenvalue weighted by atomic mass is 32.2. The molecule has 2 N–H and O–H groups in total. The van der Waals surface area contributed by atoms with Gasteiger partial charge in [0.2, 0.25) is 15.9 Å². The maximum absolute atomic E-state index is 12.3. The highest BCUT2D eigenvalue weighted by Crippen LogP contribution is 2.18. The van der Waals surface area contributed by atoms with Crippen LogP contribution in [0.15, 0.2) is 46.7 Å². The summed E-state index contributed by atoms with van der Waals surface area (Å²) < 4.78 is 32.0. The van der Waals surface area contributed by atoms with Gasteiger partial charge in [-0.25, -0.2) is 8.42 Å². The normalized spacial score (nSPS) is 14.0. The second kappa shape index (κ2) is 7.78. The van der Waals surface area contributed by atoms with E-state index in [2.05, 4.69) is 10.0 Å². The molecule has 1 aromatic carbocycles. The lowest BCUT2D eigenvalue weighted by Gasteiger charge is -2.18. The summed E-state index contributed by atoms with van der Waals surface area (Å²) >= 11 is 1.53. The molecule has 0 aliphatic carbocycles. The third-order valence-electron chi connectivity index (χ3n) is 3.42. The summed E-state index contributed by atoms with van der Waals surface area (Å²) in [6.45, 7) is 3.37. The lowest BCUT2D eigenvalue weighted by Crippen LogP contribution is -2.45. The number of hydrogen-bond acceptors (Lipinski definition) is 5. The summed E-state index contributed by atoms with van der Waals surface area (Å²) in [5.74, 6) is 0.178. The van der Waals surface area contributed by atoms with E-state index in [9.17, 15) is 13.2 Å². The van der Waals surface area contributed by atoms with Crippen molar-refractivity contribution in [2.24, 2.45) is 0 Å². The van der Waals surface area contributed by atoms with Gasteiger partial charge >= 0.3 is 0 Å². The van der Waals surface area contributed by atoms with Crippen molar-refractivity contribution in [1.82, 2.24) is 10.0 Å². The molecule has 130 valence electrons. The van der Waals surface area contributed by atoms with Crippen LogP contribution in [0.5, 0.6) is 5.75 Å². The number of thiophene rings is 1. The zero-order chi connectivity index (χ0) is 17.7. The third kappa shape index (κ3) is 4.56. The molecule has 6 nitrogen and oxygen atoms in total. The quantitative estimate of drug-likeness (QED) is 0.785. The minimum Gasteiger partial charge on any atom is -0.497 e. The van der Waals surface area contributed by atoms with Gasteiger partial charge < -0.3 is 10.1 Å². The van der Waals surface area contributed by atoms with Crippen molar-refractivity contribution in [3.8, 4) is 5.75 Å². The molecule has 0 aliphatic heterocycles. The number of methoxy groups -OCH3 is 1. The van der Waals surface area contributed by atoms with Crippen LogP contribution in [-0.2, 0) is 14.8 Å². The van der Waals surface area contributed by atoms with E-state index in [1.165, 1.54) is 37.5 Å². The smallest absolute Gasteiger partial charge is 0.241 e. The fraction of sp³-hybridized carbons (Fsp3) is 0.312. The number of nitrogens with one attached hydrogen (secondary N) is 2. The van der Waals surface area contributed by atoms with Crippen LogP contribution in [0.1, 0.15) is 24.8 Å².